The molecule has 0 fully saturated rings. The van der Waals surface area contributed by atoms with Crippen molar-refractivity contribution >= 4 is 5.82 Å². The zero-order chi connectivity index (χ0) is 9.73. The molecular weight excluding hydrogens is 160 g/mol. The van der Waals surface area contributed by atoms with Crippen LogP contribution in [0.2, 0.25) is 0 Å². The fourth-order valence-corrected chi connectivity index (χ4v) is 0.858. The molecule has 0 bridgehead atoms. The summed E-state index contributed by atoms with van der Waals surface area (Å²) in [4.78, 5) is 4.17. The lowest BCUT2D eigenvalue weighted by atomic mass is 9.94. The second-order valence-corrected chi connectivity index (χ2v) is 3.76. The second-order valence-electron chi connectivity index (χ2n) is 3.76. The molecule has 0 aromatic carbocycles. The van der Waals surface area contributed by atoms with Crippen molar-refractivity contribution in [2.75, 3.05) is 11.9 Å². The predicted octanol–water partition coefficient (Wildman–Crippen LogP) is 2.71. The highest BCUT2D eigenvalue weighted by atomic mass is 15.0. The lowest BCUT2D eigenvalue weighted by Gasteiger charge is -2.20. The van der Waals surface area contributed by atoms with Gasteiger partial charge in [0.1, 0.15) is 5.82 Å². The van der Waals surface area contributed by atoms with Gasteiger partial charge in [0.15, 0.2) is 0 Å². The van der Waals surface area contributed by atoms with Crippen LogP contribution >= 0.6 is 0 Å². The van der Waals surface area contributed by atoms with Crippen LogP contribution in [0.4, 0.5) is 5.82 Å². The standard InChI is InChI=1S/C11H16N2/c1-4-11(2,3)9-13-10-7-5-6-8-12-10/h4-8H,1,9H2,2-3H3,(H,12,13). The Morgan fingerprint density at radius 3 is 2.85 bits per heavy atom. The molecule has 0 amide bonds. The fourth-order valence-electron chi connectivity index (χ4n) is 0.858. The number of hydrogen-bond acceptors (Lipinski definition) is 2. The highest BCUT2D eigenvalue weighted by molar-refractivity contribution is 5.33. The number of anilines is 1. The summed E-state index contributed by atoms with van der Waals surface area (Å²) in [6.07, 6.45) is 3.73. The van der Waals surface area contributed by atoms with Crippen LogP contribution in [-0.4, -0.2) is 11.5 Å². The van der Waals surface area contributed by atoms with Gasteiger partial charge in [-0.05, 0) is 17.5 Å². The van der Waals surface area contributed by atoms with E-state index in [0.29, 0.717) is 0 Å². The molecular formula is C11H16N2. The molecule has 1 aromatic rings. The van der Waals surface area contributed by atoms with Gasteiger partial charge in [-0.25, -0.2) is 4.98 Å². The van der Waals surface area contributed by atoms with Crippen molar-refractivity contribution in [3.63, 3.8) is 0 Å². The van der Waals surface area contributed by atoms with Crippen molar-refractivity contribution in [3.05, 3.63) is 37.1 Å². The average Bonchev–Trinajstić information content (AvgIpc) is 2.17. The van der Waals surface area contributed by atoms with Crippen LogP contribution in [0, 0.1) is 5.41 Å². The molecule has 0 atom stereocenters. The quantitative estimate of drug-likeness (QED) is 0.713. The van der Waals surface area contributed by atoms with Crippen molar-refractivity contribution in [1.82, 2.24) is 4.98 Å². The molecule has 1 rings (SSSR count). The normalized spacial score (nSPS) is 10.9. The van der Waals surface area contributed by atoms with Crippen LogP contribution in [0.5, 0.6) is 0 Å². The van der Waals surface area contributed by atoms with Gasteiger partial charge in [0.2, 0.25) is 0 Å². The molecule has 70 valence electrons. The molecule has 0 aliphatic carbocycles. The summed E-state index contributed by atoms with van der Waals surface area (Å²) in [6.45, 7) is 8.91. The molecule has 0 spiro atoms. The minimum absolute atomic E-state index is 0.109. The Balaban J connectivity index is 2.48. The average molecular weight is 176 g/mol. The van der Waals surface area contributed by atoms with E-state index >= 15 is 0 Å². The van der Waals surface area contributed by atoms with Crippen LogP contribution in [0.15, 0.2) is 37.1 Å². The van der Waals surface area contributed by atoms with Crippen LogP contribution < -0.4 is 5.32 Å². The number of nitrogens with zero attached hydrogens (tertiary/aromatic N) is 1. The van der Waals surface area contributed by atoms with Crippen LogP contribution in [0.1, 0.15) is 13.8 Å². The van der Waals surface area contributed by atoms with Gasteiger partial charge in [0.25, 0.3) is 0 Å². The van der Waals surface area contributed by atoms with E-state index < -0.39 is 0 Å². The van der Waals surface area contributed by atoms with Crippen molar-refractivity contribution < 1.29 is 0 Å². The molecule has 0 saturated carbocycles. The maximum Gasteiger partial charge on any atom is 0.125 e. The number of aromatic nitrogens is 1. The highest BCUT2D eigenvalue weighted by Gasteiger charge is 2.11. The molecule has 2 heteroatoms. The number of hydrogen-bond donors (Lipinski definition) is 1. The van der Waals surface area contributed by atoms with E-state index in [-0.39, 0.29) is 5.41 Å². The first-order valence-corrected chi connectivity index (χ1v) is 4.42. The summed E-state index contributed by atoms with van der Waals surface area (Å²) < 4.78 is 0. The first-order chi connectivity index (χ1) is 6.14. The van der Waals surface area contributed by atoms with Crippen molar-refractivity contribution in [3.8, 4) is 0 Å². The van der Waals surface area contributed by atoms with E-state index in [0.717, 1.165) is 12.4 Å². The molecule has 0 radical (unpaired) electrons. The molecule has 1 heterocycles. The number of rotatable bonds is 4. The summed E-state index contributed by atoms with van der Waals surface area (Å²) >= 11 is 0. The first kappa shape index (κ1) is 9.78. The molecule has 1 aromatic heterocycles. The minimum Gasteiger partial charge on any atom is -0.369 e. The minimum atomic E-state index is 0.109. The molecule has 0 saturated heterocycles. The summed E-state index contributed by atoms with van der Waals surface area (Å²) in [5.41, 5.74) is 0.109. The Kier molecular flexibility index (Phi) is 3.07. The molecule has 2 nitrogen and oxygen atoms in total. The molecule has 1 N–H and O–H groups in total. The Hall–Kier alpha value is -1.31. The van der Waals surface area contributed by atoms with Crippen LogP contribution in [0.3, 0.4) is 0 Å². The second kappa shape index (κ2) is 4.08. The predicted molar refractivity (Wildman–Crippen MR) is 56.7 cm³/mol. The maximum absolute atomic E-state index is 4.17. The number of nitrogens with one attached hydrogen (secondary N) is 1. The maximum atomic E-state index is 4.17. The Morgan fingerprint density at radius 2 is 2.31 bits per heavy atom. The van der Waals surface area contributed by atoms with E-state index in [1.165, 1.54) is 0 Å². The summed E-state index contributed by atoms with van der Waals surface area (Å²) in [7, 11) is 0. The van der Waals surface area contributed by atoms with E-state index in [4.69, 9.17) is 0 Å². The topological polar surface area (TPSA) is 24.9 Å². The fraction of sp³-hybridized carbons (Fsp3) is 0.364. The molecule has 0 aliphatic heterocycles. The van der Waals surface area contributed by atoms with Gasteiger partial charge in [-0.3, -0.25) is 0 Å². The van der Waals surface area contributed by atoms with Crippen LogP contribution in [-0.2, 0) is 0 Å². The van der Waals surface area contributed by atoms with E-state index in [2.05, 4.69) is 30.7 Å². The van der Waals surface area contributed by atoms with Crippen molar-refractivity contribution in [1.29, 1.82) is 0 Å². The van der Waals surface area contributed by atoms with Crippen molar-refractivity contribution in [2.45, 2.75) is 13.8 Å². The van der Waals surface area contributed by atoms with Gasteiger partial charge in [-0.1, -0.05) is 26.0 Å². The zero-order valence-corrected chi connectivity index (χ0v) is 8.25. The van der Waals surface area contributed by atoms with Crippen LogP contribution in [0.25, 0.3) is 0 Å². The van der Waals surface area contributed by atoms with Gasteiger partial charge in [-0.2, -0.15) is 0 Å². The van der Waals surface area contributed by atoms with Gasteiger partial charge < -0.3 is 5.32 Å². The van der Waals surface area contributed by atoms with Gasteiger partial charge in [-0.15, -0.1) is 6.58 Å². The molecule has 0 aliphatic rings. The largest absolute Gasteiger partial charge is 0.369 e. The molecule has 13 heavy (non-hydrogen) atoms. The highest BCUT2D eigenvalue weighted by Crippen LogP contribution is 2.16. The third-order valence-electron chi connectivity index (χ3n) is 1.94. The third-order valence-corrected chi connectivity index (χ3v) is 1.94. The first-order valence-electron chi connectivity index (χ1n) is 4.42. The van der Waals surface area contributed by atoms with E-state index in [9.17, 15) is 0 Å². The lowest BCUT2D eigenvalue weighted by molar-refractivity contribution is 0.513. The summed E-state index contributed by atoms with van der Waals surface area (Å²) in [5.74, 6) is 0.914. The Labute approximate surface area is 79.7 Å². The smallest absolute Gasteiger partial charge is 0.125 e. The van der Waals surface area contributed by atoms with E-state index in [1.807, 2.05) is 24.3 Å². The van der Waals surface area contributed by atoms with E-state index in [1.54, 1.807) is 6.20 Å². The van der Waals surface area contributed by atoms with Gasteiger partial charge >= 0.3 is 0 Å². The summed E-state index contributed by atoms with van der Waals surface area (Å²) in [6, 6.07) is 5.83. The number of pyridine rings is 1. The lowest BCUT2D eigenvalue weighted by Crippen LogP contribution is -2.20. The van der Waals surface area contributed by atoms with Crippen molar-refractivity contribution in [2.24, 2.45) is 5.41 Å². The Bertz CT molecular complexity index is 265. The monoisotopic (exact) mass is 176 g/mol. The summed E-state index contributed by atoms with van der Waals surface area (Å²) in [5, 5.41) is 3.25. The molecule has 0 unspecified atom stereocenters. The van der Waals surface area contributed by atoms with Gasteiger partial charge in [0.05, 0.1) is 0 Å². The Morgan fingerprint density at radius 1 is 1.54 bits per heavy atom. The SMILES string of the molecule is C=CC(C)(C)CNc1ccccn1. The third kappa shape index (κ3) is 3.28. The zero-order valence-electron chi connectivity index (χ0n) is 8.25. The van der Waals surface area contributed by atoms with Gasteiger partial charge in [0, 0.05) is 12.7 Å².